The minimum Gasteiger partial charge on any atom is -0.346 e. The Kier molecular flexibility index (Phi) is 5.23. The van der Waals surface area contributed by atoms with E-state index in [1.807, 2.05) is 13.8 Å². The van der Waals surface area contributed by atoms with Gasteiger partial charge < -0.3 is 4.57 Å². The molecule has 29 heavy (non-hydrogen) atoms. The molecule has 0 radical (unpaired) electrons. The van der Waals surface area contributed by atoms with Crippen LogP contribution in [0.15, 0.2) is 48.7 Å². The van der Waals surface area contributed by atoms with Crippen molar-refractivity contribution in [2.45, 2.75) is 32.7 Å². The van der Waals surface area contributed by atoms with Gasteiger partial charge in [-0.2, -0.15) is 26.3 Å². The molecule has 8 heteroatoms. The van der Waals surface area contributed by atoms with Gasteiger partial charge in [0.25, 0.3) is 5.78 Å². The Hall–Kier alpha value is -2.77. The summed E-state index contributed by atoms with van der Waals surface area (Å²) < 4.78 is 80.5. The van der Waals surface area contributed by atoms with Crippen molar-refractivity contribution in [3.8, 4) is 11.1 Å². The number of carbonyl (C=O) groups is 1. The van der Waals surface area contributed by atoms with Gasteiger partial charge in [-0.15, -0.1) is 0 Å². The van der Waals surface area contributed by atoms with Gasteiger partial charge in [0.15, 0.2) is 0 Å². The normalized spacial score (nSPS) is 12.7. The maximum atomic E-state index is 13.4. The number of benzene rings is 2. The fourth-order valence-corrected chi connectivity index (χ4v) is 3.32. The number of hydrogen-bond acceptors (Lipinski definition) is 1. The highest BCUT2D eigenvalue weighted by Gasteiger charge is 2.41. The number of hydrogen-bond donors (Lipinski definition) is 0. The minimum atomic E-state index is -5.04. The molecular weight excluding hydrogens is 396 g/mol. The lowest BCUT2D eigenvalue weighted by Crippen LogP contribution is -2.22. The van der Waals surface area contributed by atoms with Crippen LogP contribution in [0.3, 0.4) is 0 Å². The smallest absolute Gasteiger partial charge is 0.346 e. The van der Waals surface area contributed by atoms with E-state index >= 15 is 0 Å². The van der Waals surface area contributed by atoms with Crippen LogP contribution in [0.2, 0.25) is 0 Å². The minimum absolute atomic E-state index is 0.0468. The molecule has 0 spiro atoms. The van der Waals surface area contributed by atoms with E-state index in [2.05, 4.69) is 0 Å². The summed E-state index contributed by atoms with van der Waals surface area (Å²) in [5.74, 6) is -1.93. The molecule has 1 aromatic heterocycles. The molecule has 0 unspecified atom stereocenters. The molecule has 0 aliphatic rings. The van der Waals surface area contributed by atoms with Crippen molar-refractivity contribution in [1.82, 2.24) is 4.57 Å². The fourth-order valence-electron chi connectivity index (χ4n) is 3.32. The average molecular weight is 413 g/mol. The molecule has 0 aliphatic heterocycles. The highest BCUT2D eigenvalue weighted by molar-refractivity contribution is 6.11. The zero-order chi connectivity index (χ0) is 21.6. The molecule has 3 rings (SSSR count). The van der Waals surface area contributed by atoms with Crippen LogP contribution < -0.4 is 0 Å². The number of ketones is 1. The molecule has 0 aliphatic carbocycles. The first kappa shape index (κ1) is 21.0. The lowest BCUT2D eigenvalue weighted by Gasteiger charge is -2.14. The molecule has 2 nitrogen and oxygen atoms in total. The molecule has 0 bridgehead atoms. The SMILES string of the molecule is CC(C)Cn1cc(C(=O)C(F)(F)F)c2ccc(-c3ccccc3C(F)(F)F)cc21. The van der Waals surface area contributed by atoms with Crippen molar-refractivity contribution in [3.05, 3.63) is 59.8 Å². The second kappa shape index (κ2) is 7.24. The average Bonchev–Trinajstić information content (AvgIpc) is 2.96. The summed E-state index contributed by atoms with van der Waals surface area (Å²) in [5, 5.41) is 0.0567. The van der Waals surface area contributed by atoms with Gasteiger partial charge in [0.1, 0.15) is 0 Å². The molecule has 0 N–H and O–H groups in total. The molecule has 0 fully saturated rings. The van der Waals surface area contributed by atoms with Crippen LogP contribution in [0.25, 0.3) is 22.0 Å². The number of Topliss-reactive ketones (excluding diaryl/α,β-unsaturated/α-hetero) is 1. The topological polar surface area (TPSA) is 22.0 Å². The van der Waals surface area contributed by atoms with E-state index in [1.54, 1.807) is 0 Å². The second-order valence-corrected chi connectivity index (χ2v) is 7.19. The lowest BCUT2D eigenvalue weighted by atomic mass is 9.97. The molecule has 0 atom stereocenters. The Morgan fingerprint density at radius 1 is 1.00 bits per heavy atom. The number of fused-ring (bicyclic) bond motifs is 1. The molecule has 154 valence electrons. The maximum absolute atomic E-state index is 13.4. The van der Waals surface area contributed by atoms with Gasteiger partial charge in [-0.3, -0.25) is 4.79 Å². The van der Waals surface area contributed by atoms with Crippen molar-refractivity contribution in [2.24, 2.45) is 5.92 Å². The van der Waals surface area contributed by atoms with E-state index in [0.717, 1.165) is 12.3 Å². The van der Waals surface area contributed by atoms with Gasteiger partial charge >= 0.3 is 12.4 Å². The third-order valence-corrected chi connectivity index (χ3v) is 4.49. The largest absolute Gasteiger partial charge is 0.454 e. The predicted octanol–water partition coefficient (Wildman–Crippen LogP) is 6.73. The van der Waals surface area contributed by atoms with Crippen molar-refractivity contribution < 1.29 is 31.1 Å². The van der Waals surface area contributed by atoms with Crippen molar-refractivity contribution in [2.75, 3.05) is 0 Å². The van der Waals surface area contributed by atoms with E-state index in [1.165, 1.54) is 41.0 Å². The van der Waals surface area contributed by atoms with E-state index < -0.39 is 29.3 Å². The van der Waals surface area contributed by atoms with Crippen LogP contribution in [0, 0.1) is 5.92 Å². The Bertz CT molecular complexity index is 1060. The third kappa shape index (κ3) is 4.16. The first-order valence-electron chi connectivity index (χ1n) is 8.80. The Morgan fingerprint density at radius 2 is 1.66 bits per heavy atom. The first-order valence-corrected chi connectivity index (χ1v) is 8.80. The van der Waals surface area contributed by atoms with Crippen LogP contribution in [-0.4, -0.2) is 16.5 Å². The Labute approximate surface area is 162 Å². The number of rotatable bonds is 4. The molecule has 0 amide bonds. The van der Waals surface area contributed by atoms with Gasteiger partial charge in [-0.1, -0.05) is 44.2 Å². The first-order chi connectivity index (χ1) is 13.4. The van der Waals surface area contributed by atoms with E-state index in [4.69, 9.17) is 0 Å². The lowest BCUT2D eigenvalue weighted by molar-refractivity contribution is -0.137. The Balaban J connectivity index is 2.24. The standard InChI is InChI=1S/C21H17F6NO/c1-12(2)10-28-11-16(19(29)21(25,26)27)15-8-7-13(9-18(15)28)14-5-3-4-6-17(14)20(22,23)24/h3-9,11-12H,10H2,1-2H3. The molecule has 0 saturated carbocycles. The summed E-state index contributed by atoms with van der Waals surface area (Å²) >= 11 is 0. The quantitative estimate of drug-likeness (QED) is 0.343. The van der Waals surface area contributed by atoms with Crippen LogP contribution >= 0.6 is 0 Å². The molecule has 2 aromatic carbocycles. The number of halogens is 6. The van der Waals surface area contributed by atoms with E-state index in [0.29, 0.717) is 6.54 Å². The van der Waals surface area contributed by atoms with Crippen LogP contribution in [0.1, 0.15) is 29.8 Å². The molecule has 3 aromatic rings. The number of aromatic nitrogens is 1. The zero-order valence-electron chi connectivity index (χ0n) is 15.5. The number of alkyl halides is 6. The molecular formula is C21H17F6NO. The third-order valence-electron chi connectivity index (χ3n) is 4.49. The summed E-state index contributed by atoms with van der Waals surface area (Å²) in [6, 6.07) is 8.96. The highest BCUT2D eigenvalue weighted by atomic mass is 19.4. The second-order valence-electron chi connectivity index (χ2n) is 7.19. The monoisotopic (exact) mass is 413 g/mol. The maximum Gasteiger partial charge on any atom is 0.454 e. The van der Waals surface area contributed by atoms with Gasteiger partial charge in [0.2, 0.25) is 0 Å². The summed E-state index contributed by atoms with van der Waals surface area (Å²) in [6.07, 6.45) is -8.50. The van der Waals surface area contributed by atoms with Crippen LogP contribution in [0.5, 0.6) is 0 Å². The number of carbonyl (C=O) groups excluding carboxylic acids is 1. The van der Waals surface area contributed by atoms with Crippen molar-refractivity contribution in [1.29, 1.82) is 0 Å². The summed E-state index contributed by atoms with van der Waals surface area (Å²) in [7, 11) is 0. The van der Waals surface area contributed by atoms with Crippen molar-refractivity contribution in [3.63, 3.8) is 0 Å². The number of nitrogens with zero attached hydrogens (tertiary/aromatic N) is 1. The van der Waals surface area contributed by atoms with Gasteiger partial charge in [0, 0.05) is 23.6 Å². The Morgan fingerprint density at radius 3 is 2.24 bits per heavy atom. The van der Waals surface area contributed by atoms with Crippen LogP contribution in [-0.2, 0) is 12.7 Å². The van der Waals surface area contributed by atoms with Crippen LogP contribution in [0.4, 0.5) is 26.3 Å². The van der Waals surface area contributed by atoms with Gasteiger partial charge in [0.05, 0.1) is 11.1 Å². The van der Waals surface area contributed by atoms with Gasteiger partial charge in [-0.05, 0) is 29.2 Å². The molecule has 0 saturated heterocycles. The fraction of sp³-hybridized carbons (Fsp3) is 0.286. The summed E-state index contributed by atoms with van der Waals surface area (Å²) in [4.78, 5) is 11.8. The van der Waals surface area contributed by atoms with Gasteiger partial charge in [-0.25, -0.2) is 0 Å². The van der Waals surface area contributed by atoms with Crippen molar-refractivity contribution >= 4 is 16.7 Å². The summed E-state index contributed by atoms with van der Waals surface area (Å²) in [6.45, 7) is 4.01. The highest BCUT2D eigenvalue weighted by Crippen LogP contribution is 2.38. The molecule has 1 heterocycles. The van der Waals surface area contributed by atoms with E-state index in [-0.39, 0.29) is 27.9 Å². The summed E-state index contributed by atoms with van der Waals surface area (Å²) in [5.41, 5.74) is -0.945. The van der Waals surface area contributed by atoms with E-state index in [9.17, 15) is 31.1 Å². The predicted molar refractivity (Wildman–Crippen MR) is 97.6 cm³/mol. The zero-order valence-corrected chi connectivity index (χ0v) is 15.5.